The van der Waals surface area contributed by atoms with Crippen LogP contribution in [-0.4, -0.2) is 50.8 Å². The summed E-state index contributed by atoms with van der Waals surface area (Å²) < 4.78 is 5.07. The van der Waals surface area contributed by atoms with Crippen LogP contribution in [0.4, 0.5) is 0 Å². The lowest BCUT2D eigenvalue weighted by atomic mass is 10.2. The molecule has 1 unspecified atom stereocenters. The molecule has 1 atom stereocenters. The second kappa shape index (κ2) is 10.1. The van der Waals surface area contributed by atoms with Crippen molar-refractivity contribution in [3.63, 3.8) is 0 Å². The molecule has 15 heavy (non-hydrogen) atoms. The molecule has 0 rings (SSSR count). The van der Waals surface area contributed by atoms with Gasteiger partial charge in [-0.25, -0.2) is 0 Å². The number of nitrogens with one attached hydrogen (secondary N) is 1. The summed E-state index contributed by atoms with van der Waals surface area (Å²) >= 11 is 0. The summed E-state index contributed by atoms with van der Waals surface area (Å²) in [6, 6.07) is 0.609. The molecule has 3 nitrogen and oxygen atoms in total. The summed E-state index contributed by atoms with van der Waals surface area (Å²) in [4.78, 5) is 2.34. The minimum absolute atomic E-state index is 0.609. The Hall–Kier alpha value is -0.380. The third-order valence-corrected chi connectivity index (χ3v) is 2.53. The second-order valence-electron chi connectivity index (χ2n) is 3.85. The fraction of sp³-hybridized carbons (Fsp3) is 0.833. The Morgan fingerprint density at radius 3 is 2.73 bits per heavy atom. The van der Waals surface area contributed by atoms with Crippen LogP contribution in [0.25, 0.3) is 0 Å². The van der Waals surface area contributed by atoms with Crippen LogP contribution in [0.3, 0.4) is 0 Å². The third-order valence-electron chi connectivity index (χ3n) is 2.53. The largest absolute Gasteiger partial charge is 0.383 e. The molecule has 0 aliphatic rings. The zero-order valence-electron chi connectivity index (χ0n) is 10.5. The first-order valence-corrected chi connectivity index (χ1v) is 5.80. The molecule has 3 heteroatoms. The third kappa shape index (κ3) is 8.60. The predicted molar refractivity (Wildman–Crippen MR) is 66.3 cm³/mol. The van der Waals surface area contributed by atoms with Gasteiger partial charge in [0.15, 0.2) is 0 Å². The SMILES string of the molecule is C=CCN(CCNC(C)CC)CCOC. The molecule has 0 fully saturated rings. The van der Waals surface area contributed by atoms with Gasteiger partial charge in [-0.3, -0.25) is 4.90 Å². The van der Waals surface area contributed by atoms with Crippen molar-refractivity contribution in [1.29, 1.82) is 0 Å². The Kier molecular flexibility index (Phi) is 9.89. The van der Waals surface area contributed by atoms with Crippen LogP contribution in [0.2, 0.25) is 0 Å². The first-order chi connectivity index (χ1) is 7.24. The first-order valence-electron chi connectivity index (χ1n) is 5.80. The molecule has 1 N–H and O–H groups in total. The van der Waals surface area contributed by atoms with Crippen LogP contribution in [0.1, 0.15) is 20.3 Å². The van der Waals surface area contributed by atoms with E-state index in [-0.39, 0.29) is 0 Å². The average molecular weight is 214 g/mol. The van der Waals surface area contributed by atoms with Crippen molar-refractivity contribution in [3.05, 3.63) is 12.7 Å². The van der Waals surface area contributed by atoms with Gasteiger partial charge in [-0.05, 0) is 13.3 Å². The van der Waals surface area contributed by atoms with Crippen molar-refractivity contribution >= 4 is 0 Å². The highest BCUT2D eigenvalue weighted by atomic mass is 16.5. The van der Waals surface area contributed by atoms with Crippen LogP contribution in [0.15, 0.2) is 12.7 Å². The molecular weight excluding hydrogens is 188 g/mol. The van der Waals surface area contributed by atoms with Crippen molar-refractivity contribution in [2.45, 2.75) is 26.3 Å². The van der Waals surface area contributed by atoms with Gasteiger partial charge < -0.3 is 10.1 Å². The van der Waals surface area contributed by atoms with Gasteiger partial charge >= 0.3 is 0 Å². The quantitative estimate of drug-likeness (QED) is 0.558. The van der Waals surface area contributed by atoms with Crippen LogP contribution >= 0.6 is 0 Å². The maximum atomic E-state index is 5.07. The second-order valence-corrected chi connectivity index (χ2v) is 3.85. The summed E-state index contributed by atoms with van der Waals surface area (Å²) in [5.74, 6) is 0. The number of ether oxygens (including phenoxy) is 1. The van der Waals surface area contributed by atoms with Gasteiger partial charge in [0.05, 0.1) is 6.61 Å². The van der Waals surface area contributed by atoms with E-state index >= 15 is 0 Å². The Morgan fingerprint density at radius 1 is 1.47 bits per heavy atom. The van der Waals surface area contributed by atoms with Gasteiger partial charge in [-0.15, -0.1) is 6.58 Å². The fourth-order valence-electron chi connectivity index (χ4n) is 1.31. The normalized spacial score (nSPS) is 13.1. The van der Waals surface area contributed by atoms with E-state index in [1.807, 2.05) is 6.08 Å². The molecule has 0 spiro atoms. The lowest BCUT2D eigenvalue weighted by Crippen LogP contribution is -2.37. The molecule has 0 saturated carbocycles. The van der Waals surface area contributed by atoms with E-state index in [0.717, 1.165) is 32.8 Å². The van der Waals surface area contributed by atoms with Crippen molar-refractivity contribution in [2.75, 3.05) is 39.9 Å². The zero-order valence-corrected chi connectivity index (χ0v) is 10.5. The number of nitrogens with zero attached hydrogens (tertiary/aromatic N) is 1. The maximum Gasteiger partial charge on any atom is 0.0589 e. The highest BCUT2D eigenvalue weighted by molar-refractivity contribution is 4.74. The smallest absolute Gasteiger partial charge is 0.0589 e. The van der Waals surface area contributed by atoms with E-state index in [2.05, 4.69) is 30.6 Å². The number of rotatable bonds is 10. The van der Waals surface area contributed by atoms with Crippen LogP contribution in [0.5, 0.6) is 0 Å². The molecule has 0 aliphatic heterocycles. The van der Waals surface area contributed by atoms with E-state index in [4.69, 9.17) is 4.74 Å². The van der Waals surface area contributed by atoms with Gasteiger partial charge in [0, 0.05) is 39.3 Å². The number of hydrogen-bond donors (Lipinski definition) is 1. The van der Waals surface area contributed by atoms with Gasteiger partial charge in [-0.1, -0.05) is 13.0 Å². The van der Waals surface area contributed by atoms with E-state index in [1.165, 1.54) is 6.42 Å². The van der Waals surface area contributed by atoms with Crippen molar-refractivity contribution < 1.29 is 4.74 Å². The van der Waals surface area contributed by atoms with Crippen molar-refractivity contribution in [3.8, 4) is 0 Å². The van der Waals surface area contributed by atoms with Crippen molar-refractivity contribution in [2.24, 2.45) is 0 Å². The standard InChI is InChI=1S/C12H26N2O/c1-5-8-14(10-11-15-4)9-7-13-12(3)6-2/h5,12-13H,1,6-11H2,2-4H3. The van der Waals surface area contributed by atoms with E-state index in [0.29, 0.717) is 6.04 Å². The van der Waals surface area contributed by atoms with E-state index in [1.54, 1.807) is 7.11 Å². The van der Waals surface area contributed by atoms with Crippen molar-refractivity contribution in [1.82, 2.24) is 10.2 Å². The van der Waals surface area contributed by atoms with E-state index < -0.39 is 0 Å². The molecule has 0 radical (unpaired) electrons. The van der Waals surface area contributed by atoms with Crippen LogP contribution < -0.4 is 5.32 Å². The topological polar surface area (TPSA) is 24.5 Å². The molecule has 0 aromatic rings. The first kappa shape index (κ1) is 14.6. The Morgan fingerprint density at radius 2 is 2.20 bits per heavy atom. The molecule has 0 bridgehead atoms. The molecule has 0 aromatic heterocycles. The van der Waals surface area contributed by atoms with Gasteiger partial charge in [-0.2, -0.15) is 0 Å². The monoisotopic (exact) mass is 214 g/mol. The Bertz CT molecular complexity index is 151. The van der Waals surface area contributed by atoms with E-state index in [9.17, 15) is 0 Å². The minimum Gasteiger partial charge on any atom is -0.383 e. The maximum absolute atomic E-state index is 5.07. The summed E-state index contributed by atoms with van der Waals surface area (Å²) in [5.41, 5.74) is 0. The van der Waals surface area contributed by atoms with Gasteiger partial charge in [0.1, 0.15) is 0 Å². The Balaban J connectivity index is 3.60. The molecule has 0 heterocycles. The molecule has 0 aliphatic carbocycles. The zero-order chi connectivity index (χ0) is 11.5. The van der Waals surface area contributed by atoms with Crippen LogP contribution in [-0.2, 0) is 4.74 Å². The number of methoxy groups -OCH3 is 1. The lowest BCUT2D eigenvalue weighted by molar-refractivity contribution is 0.154. The molecule has 90 valence electrons. The predicted octanol–water partition coefficient (Wildman–Crippen LogP) is 1.51. The highest BCUT2D eigenvalue weighted by Gasteiger charge is 2.03. The lowest BCUT2D eigenvalue weighted by Gasteiger charge is -2.21. The summed E-state index contributed by atoms with van der Waals surface area (Å²) in [7, 11) is 1.74. The van der Waals surface area contributed by atoms with Gasteiger partial charge in [0.25, 0.3) is 0 Å². The van der Waals surface area contributed by atoms with Crippen LogP contribution in [0, 0.1) is 0 Å². The number of hydrogen-bond acceptors (Lipinski definition) is 3. The highest BCUT2D eigenvalue weighted by Crippen LogP contribution is 1.90. The summed E-state index contributed by atoms with van der Waals surface area (Å²) in [5, 5.41) is 3.48. The molecule has 0 aromatic carbocycles. The minimum atomic E-state index is 0.609. The van der Waals surface area contributed by atoms with Gasteiger partial charge in [0.2, 0.25) is 0 Å². The average Bonchev–Trinajstić information content (AvgIpc) is 2.25. The fourth-order valence-corrected chi connectivity index (χ4v) is 1.31. The molecule has 0 amide bonds. The summed E-state index contributed by atoms with van der Waals surface area (Å²) in [6.45, 7) is 13.0. The molecular formula is C12H26N2O. The summed E-state index contributed by atoms with van der Waals surface area (Å²) in [6.07, 6.45) is 3.12. The molecule has 0 saturated heterocycles. The Labute approximate surface area is 94.5 Å².